The number of nitrogens with zero attached hydrogens (tertiary/aromatic N) is 1. The SMILES string of the molecule is C=CCOc1ccc(CN(C)C(=O)[C@@H](N)[C@@H](C)CC)cc1. The fourth-order valence-electron chi connectivity index (χ4n) is 1.95. The maximum absolute atomic E-state index is 12.2. The molecule has 0 spiro atoms. The van der Waals surface area contributed by atoms with Gasteiger partial charge in [-0.15, -0.1) is 0 Å². The van der Waals surface area contributed by atoms with Gasteiger partial charge in [0.15, 0.2) is 0 Å². The Bertz CT molecular complexity index is 456. The second kappa shape index (κ2) is 8.47. The molecule has 0 aliphatic heterocycles. The minimum Gasteiger partial charge on any atom is -0.490 e. The first-order chi connectivity index (χ1) is 9.99. The predicted octanol–water partition coefficient (Wildman–Crippen LogP) is 2.58. The summed E-state index contributed by atoms with van der Waals surface area (Å²) in [6.45, 7) is 8.69. The highest BCUT2D eigenvalue weighted by molar-refractivity contribution is 5.81. The lowest BCUT2D eigenvalue weighted by molar-refractivity contribution is -0.132. The maximum Gasteiger partial charge on any atom is 0.239 e. The van der Waals surface area contributed by atoms with E-state index in [9.17, 15) is 4.79 Å². The number of hydrogen-bond acceptors (Lipinski definition) is 3. The molecule has 0 aromatic heterocycles. The second-order valence-electron chi connectivity index (χ2n) is 5.35. The summed E-state index contributed by atoms with van der Waals surface area (Å²) in [5.74, 6) is 0.967. The first-order valence-corrected chi connectivity index (χ1v) is 7.32. The van der Waals surface area contributed by atoms with Crippen molar-refractivity contribution in [1.82, 2.24) is 4.90 Å². The fraction of sp³-hybridized carbons (Fsp3) is 0.471. The lowest BCUT2D eigenvalue weighted by Crippen LogP contribution is -2.45. The number of amides is 1. The summed E-state index contributed by atoms with van der Waals surface area (Å²) in [5, 5.41) is 0. The Hall–Kier alpha value is -1.81. The van der Waals surface area contributed by atoms with Gasteiger partial charge >= 0.3 is 0 Å². The molecule has 0 radical (unpaired) electrons. The number of benzene rings is 1. The summed E-state index contributed by atoms with van der Waals surface area (Å²) in [6, 6.07) is 7.26. The van der Waals surface area contributed by atoms with E-state index in [4.69, 9.17) is 10.5 Å². The number of carbonyl (C=O) groups excluding carboxylic acids is 1. The van der Waals surface area contributed by atoms with Gasteiger partial charge in [-0.3, -0.25) is 4.79 Å². The predicted molar refractivity (Wildman–Crippen MR) is 86.0 cm³/mol. The lowest BCUT2D eigenvalue weighted by atomic mass is 9.99. The molecule has 116 valence electrons. The van der Waals surface area contributed by atoms with Gasteiger partial charge < -0.3 is 15.4 Å². The van der Waals surface area contributed by atoms with Gasteiger partial charge in [-0.05, 0) is 23.6 Å². The molecule has 0 saturated heterocycles. The molecular formula is C17H26N2O2. The van der Waals surface area contributed by atoms with Crippen LogP contribution in [-0.4, -0.2) is 30.5 Å². The van der Waals surface area contributed by atoms with E-state index < -0.39 is 6.04 Å². The van der Waals surface area contributed by atoms with E-state index in [1.165, 1.54) is 0 Å². The molecule has 0 bridgehead atoms. The van der Waals surface area contributed by atoms with Gasteiger partial charge in [-0.2, -0.15) is 0 Å². The number of ether oxygens (including phenoxy) is 1. The molecule has 4 nitrogen and oxygen atoms in total. The molecule has 1 aromatic carbocycles. The summed E-state index contributed by atoms with van der Waals surface area (Å²) in [4.78, 5) is 13.9. The molecule has 2 atom stereocenters. The molecule has 21 heavy (non-hydrogen) atoms. The monoisotopic (exact) mass is 290 g/mol. The highest BCUT2D eigenvalue weighted by atomic mass is 16.5. The summed E-state index contributed by atoms with van der Waals surface area (Å²) >= 11 is 0. The third-order valence-electron chi connectivity index (χ3n) is 3.63. The maximum atomic E-state index is 12.2. The van der Waals surface area contributed by atoms with Crippen LogP contribution < -0.4 is 10.5 Å². The number of hydrogen-bond donors (Lipinski definition) is 1. The minimum atomic E-state index is -0.435. The van der Waals surface area contributed by atoms with Crippen molar-refractivity contribution in [2.45, 2.75) is 32.9 Å². The van der Waals surface area contributed by atoms with E-state index >= 15 is 0 Å². The smallest absolute Gasteiger partial charge is 0.239 e. The van der Waals surface area contributed by atoms with Crippen LogP contribution in [0.3, 0.4) is 0 Å². The second-order valence-corrected chi connectivity index (χ2v) is 5.35. The summed E-state index contributed by atoms with van der Waals surface area (Å²) < 4.78 is 5.43. The van der Waals surface area contributed by atoms with E-state index in [1.807, 2.05) is 38.1 Å². The van der Waals surface area contributed by atoms with Gasteiger partial charge in [-0.25, -0.2) is 0 Å². The minimum absolute atomic E-state index is 0.0173. The van der Waals surface area contributed by atoms with Gasteiger partial charge in [0.25, 0.3) is 0 Å². The van der Waals surface area contributed by atoms with Crippen molar-refractivity contribution in [2.75, 3.05) is 13.7 Å². The molecule has 2 N–H and O–H groups in total. The van der Waals surface area contributed by atoms with E-state index in [0.717, 1.165) is 17.7 Å². The topological polar surface area (TPSA) is 55.6 Å². The summed E-state index contributed by atoms with van der Waals surface area (Å²) in [6.07, 6.45) is 2.60. The first kappa shape index (κ1) is 17.2. The van der Waals surface area contributed by atoms with Crippen LogP contribution in [0.25, 0.3) is 0 Å². The van der Waals surface area contributed by atoms with Crippen LogP contribution in [0.1, 0.15) is 25.8 Å². The molecule has 0 aliphatic carbocycles. The van der Waals surface area contributed by atoms with Gasteiger partial charge in [0.1, 0.15) is 12.4 Å². The van der Waals surface area contributed by atoms with Crippen LogP contribution in [0.5, 0.6) is 5.75 Å². The Morgan fingerprint density at radius 3 is 2.57 bits per heavy atom. The first-order valence-electron chi connectivity index (χ1n) is 7.32. The van der Waals surface area contributed by atoms with Crippen LogP contribution >= 0.6 is 0 Å². The Balaban J connectivity index is 2.59. The Kier molecular flexibility index (Phi) is 6.96. The van der Waals surface area contributed by atoms with Crippen molar-refractivity contribution < 1.29 is 9.53 Å². The van der Waals surface area contributed by atoms with Crippen LogP contribution in [0.4, 0.5) is 0 Å². The number of rotatable bonds is 8. The zero-order chi connectivity index (χ0) is 15.8. The van der Waals surface area contributed by atoms with Crippen molar-refractivity contribution in [2.24, 2.45) is 11.7 Å². The van der Waals surface area contributed by atoms with Gasteiger partial charge in [0.2, 0.25) is 5.91 Å². The summed E-state index contributed by atoms with van der Waals surface area (Å²) in [7, 11) is 1.78. The number of carbonyl (C=O) groups is 1. The molecule has 0 fully saturated rings. The third-order valence-corrected chi connectivity index (χ3v) is 3.63. The average molecular weight is 290 g/mol. The normalized spacial score (nSPS) is 13.3. The van der Waals surface area contributed by atoms with E-state index in [2.05, 4.69) is 6.58 Å². The van der Waals surface area contributed by atoms with Crippen molar-refractivity contribution in [3.05, 3.63) is 42.5 Å². The average Bonchev–Trinajstić information content (AvgIpc) is 2.51. The van der Waals surface area contributed by atoms with Gasteiger partial charge in [0.05, 0.1) is 6.04 Å². The van der Waals surface area contributed by atoms with Crippen molar-refractivity contribution in [3.8, 4) is 5.75 Å². The standard InChI is InChI=1S/C17H26N2O2/c1-5-11-21-15-9-7-14(8-10-15)12-19(4)17(20)16(18)13(3)6-2/h5,7-10,13,16H,1,6,11-12,18H2,2-4H3/t13-,16-/m0/s1. The van der Waals surface area contributed by atoms with E-state index in [0.29, 0.717) is 13.2 Å². The number of nitrogens with two attached hydrogens (primary N) is 1. The van der Waals surface area contributed by atoms with Crippen LogP contribution in [-0.2, 0) is 11.3 Å². The molecule has 1 amide bonds. The zero-order valence-electron chi connectivity index (χ0n) is 13.2. The highest BCUT2D eigenvalue weighted by Gasteiger charge is 2.22. The molecule has 1 aromatic rings. The van der Waals surface area contributed by atoms with Crippen molar-refractivity contribution in [1.29, 1.82) is 0 Å². The Morgan fingerprint density at radius 1 is 1.43 bits per heavy atom. The van der Waals surface area contributed by atoms with Gasteiger partial charge in [-0.1, -0.05) is 45.1 Å². The highest BCUT2D eigenvalue weighted by Crippen LogP contribution is 2.14. The van der Waals surface area contributed by atoms with Crippen LogP contribution in [0.2, 0.25) is 0 Å². The van der Waals surface area contributed by atoms with Gasteiger partial charge in [0, 0.05) is 13.6 Å². The lowest BCUT2D eigenvalue weighted by Gasteiger charge is -2.24. The van der Waals surface area contributed by atoms with E-state index in [-0.39, 0.29) is 11.8 Å². The van der Waals surface area contributed by atoms with E-state index in [1.54, 1.807) is 18.0 Å². The zero-order valence-corrected chi connectivity index (χ0v) is 13.2. The van der Waals surface area contributed by atoms with Crippen LogP contribution in [0, 0.1) is 5.92 Å². The molecule has 0 saturated carbocycles. The summed E-state index contributed by atoms with van der Waals surface area (Å²) in [5.41, 5.74) is 7.03. The van der Waals surface area contributed by atoms with Crippen molar-refractivity contribution in [3.63, 3.8) is 0 Å². The molecule has 0 aliphatic rings. The quantitative estimate of drug-likeness (QED) is 0.749. The van der Waals surface area contributed by atoms with Crippen molar-refractivity contribution >= 4 is 5.91 Å². The molecule has 1 rings (SSSR count). The largest absolute Gasteiger partial charge is 0.490 e. The third kappa shape index (κ3) is 5.23. The molecule has 4 heteroatoms. The molecule has 0 unspecified atom stereocenters. The Morgan fingerprint density at radius 2 is 2.05 bits per heavy atom. The Labute approximate surface area is 127 Å². The molecular weight excluding hydrogens is 264 g/mol. The van der Waals surface area contributed by atoms with Crippen LogP contribution in [0.15, 0.2) is 36.9 Å². The fourth-order valence-corrected chi connectivity index (χ4v) is 1.95. The molecule has 0 heterocycles. The number of likely N-dealkylation sites (N-methyl/N-ethyl adjacent to an activating group) is 1.